The average Bonchev–Trinajstić information content (AvgIpc) is 2.53. The smallest absolute Gasteiger partial charge is 0.328 e. The number of hydrogen-bond acceptors (Lipinski definition) is 8. The summed E-state index contributed by atoms with van der Waals surface area (Å²) >= 11 is 0. The first-order valence-electron chi connectivity index (χ1n) is 7.34. The van der Waals surface area contributed by atoms with Crippen molar-refractivity contribution in [1.29, 1.82) is 0 Å². The molecule has 5 unspecified atom stereocenters. The summed E-state index contributed by atoms with van der Waals surface area (Å²) in [5.41, 5.74) is 5.28. The molecule has 5 atom stereocenters. The van der Waals surface area contributed by atoms with Crippen molar-refractivity contribution < 1.29 is 39.6 Å². The van der Waals surface area contributed by atoms with Gasteiger partial charge in [-0.1, -0.05) is 0 Å². The molecule has 0 rings (SSSR count). The lowest BCUT2D eigenvalue weighted by Crippen LogP contribution is -2.58. The van der Waals surface area contributed by atoms with Crippen LogP contribution < -0.4 is 21.7 Å². The maximum Gasteiger partial charge on any atom is 0.328 e. The topological polar surface area (TPSA) is 211 Å². The van der Waals surface area contributed by atoms with E-state index in [1.165, 1.54) is 13.8 Å². The highest BCUT2D eigenvalue weighted by molar-refractivity contribution is 5.93. The Morgan fingerprint density at radius 1 is 0.960 bits per heavy atom. The van der Waals surface area contributed by atoms with Crippen LogP contribution in [0.2, 0.25) is 0 Å². The second-order valence-corrected chi connectivity index (χ2v) is 5.36. The van der Waals surface area contributed by atoms with E-state index < -0.39 is 67.2 Å². The second-order valence-electron chi connectivity index (χ2n) is 5.36. The third-order valence-corrected chi connectivity index (χ3v) is 3.08. The van der Waals surface area contributed by atoms with Crippen LogP contribution in [0.1, 0.15) is 13.8 Å². The zero-order valence-electron chi connectivity index (χ0n) is 13.8. The Labute approximate surface area is 143 Å². The van der Waals surface area contributed by atoms with Gasteiger partial charge in [0, 0.05) is 0 Å². The highest BCUT2D eigenvalue weighted by atomic mass is 16.4. The summed E-state index contributed by atoms with van der Waals surface area (Å²) in [5.74, 6) is -4.16. The lowest BCUT2D eigenvalue weighted by Gasteiger charge is -2.22. The molecule has 0 heterocycles. The SMILES string of the molecule is CC(O)C(NC(=O)CNC(=O)C(NC(=O)C(N)CO)C(C)O)C(=O)O. The van der Waals surface area contributed by atoms with Gasteiger partial charge >= 0.3 is 5.97 Å². The predicted octanol–water partition coefficient (Wildman–Crippen LogP) is -4.76. The fourth-order valence-electron chi connectivity index (χ4n) is 1.64. The van der Waals surface area contributed by atoms with Gasteiger partial charge in [-0.3, -0.25) is 14.4 Å². The maximum atomic E-state index is 12.0. The van der Waals surface area contributed by atoms with Crippen molar-refractivity contribution in [2.24, 2.45) is 5.73 Å². The summed E-state index contributed by atoms with van der Waals surface area (Å²) in [6, 6.07) is -4.29. The summed E-state index contributed by atoms with van der Waals surface area (Å²) in [6.07, 6.45) is -2.69. The number of carbonyl (C=O) groups excluding carboxylic acids is 3. The van der Waals surface area contributed by atoms with Crippen LogP contribution in [0.25, 0.3) is 0 Å². The first-order chi connectivity index (χ1) is 11.5. The molecule has 12 heteroatoms. The number of nitrogens with one attached hydrogen (secondary N) is 3. The van der Waals surface area contributed by atoms with Gasteiger partial charge in [0.15, 0.2) is 6.04 Å². The molecule has 3 amide bonds. The van der Waals surface area contributed by atoms with Gasteiger partial charge in [-0.05, 0) is 13.8 Å². The summed E-state index contributed by atoms with van der Waals surface area (Å²) in [4.78, 5) is 46.0. The van der Waals surface area contributed by atoms with Crippen molar-refractivity contribution >= 4 is 23.7 Å². The molecule has 9 N–H and O–H groups in total. The van der Waals surface area contributed by atoms with E-state index >= 15 is 0 Å². The third kappa shape index (κ3) is 7.89. The van der Waals surface area contributed by atoms with E-state index in [9.17, 15) is 29.4 Å². The fraction of sp³-hybridized carbons (Fsp3) is 0.692. The van der Waals surface area contributed by atoms with Crippen LogP contribution in [-0.4, -0.2) is 87.6 Å². The first kappa shape index (κ1) is 22.7. The number of carboxylic acids is 1. The van der Waals surface area contributed by atoms with Crippen LogP contribution in [0.3, 0.4) is 0 Å². The standard InChI is InChI=1S/C13H24N4O8/c1-5(19)9(17-11(22)7(14)4-18)12(23)15-3-8(21)16-10(6(2)20)13(24)25/h5-7,9-10,18-20H,3-4,14H2,1-2H3,(H,15,23)(H,16,21)(H,17,22)(H,24,25). The minimum atomic E-state index is -1.56. The van der Waals surface area contributed by atoms with Crippen LogP contribution in [0, 0.1) is 0 Å². The molecule has 0 aromatic heterocycles. The molecule has 12 nitrogen and oxygen atoms in total. The lowest BCUT2D eigenvalue weighted by atomic mass is 10.1. The van der Waals surface area contributed by atoms with Gasteiger partial charge in [0.05, 0.1) is 25.4 Å². The van der Waals surface area contributed by atoms with Gasteiger partial charge in [0.2, 0.25) is 17.7 Å². The molecule has 0 fully saturated rings. The Bertz CT molecular complexity index is 496. The number of aliphatic hydroxyl groups excluding tert-OH is 3. The van der Waals surface area contributed by atoms with Crippen molar-refractivity contribution in [2.45, 2.75) is 44.2 Å². The van der Waals surface area contributed by atoms with Gasteiger partial charge in [-0.15, -0.1) is 0 Å². The summed E-state index contributed by atoms with van der Waals surface area (Å²) in [5, 5.41) is 42.6. The lowest BCUT2D eigenvalue weighted by molar-refractivity contribution is -0.144. The molecular weight excluding hydrogens is 340 g/mol. The van der Waals surface area contributed by atoms with Crippen LogP contribution in [-0.2, 0) is 19.2 Å². The fourth-order valence-corrected chi connectivity index (χ4v) is 1.64. The molecule has 25 heavy (non-hydrogen) atoms. The van der Waals surface area contributed by atoms with Crippen molar-refractivity contribution in [1.82, 2.24) is 16.0 Å². The number of aliphatic hydroxyl groups is 3. The molecule has 0 saturated carbocycles. The molecule has 0 aromatic rings. The molecule has 0 aliphatic heterocycles. The third-order valence-electron chi connectivity index (χ3n) is 3.08. The summed E-state index contributed by atoms with van der Waals surface area (Å²) in [6.45, 7) is 1.06. The molecule has 0 spiro atoms. The van der Waals surface area contributed by atoms with E-state index in [-0.39, 0.29) is 0 Å². The van der Waals surface area contributed by atoms with Crippen molar-refractivity contribution in [3.63, 3.8) is 0 Å². The Balaban J connectivity index is 4.69. The molecule has 0 saturated heterocycles. The monoisotopic (exact) mass is 364 g/mol. The molecule has 144 valence electrons. The Morgan fingerprint density at radius 3 is 1.88 bits per heavy atom. The van der Waals surface area contributed by atoms with Crippen molar-refractivity contribution in [3.05, 3.63) is 0 Å². The zero-order chi connectivity index (χ0) is 19.7. The molecule has 0 aromatic carbocycles. The number of rotatable bonds is 10. The molecule has 0 radical (unpaired) electrons. The normalized spacial score (nSPS) is 16.7. The van der Waals surface area contributed by atoms with Crippen molar-refractivity contribution in [3.8, 4) is 0 Å². The minimum absolute atomic E-state index is 0.652. The van der Waals surface area contributed by atoms with E-state index in [1.54, 1.807) is 0 Å². The molecule has 0 bridgehead atoms. The molecule has 0 aliphatic carbocycles. The first-order valence-corrected chi connectivity index (χ1v) is 7.34. The van der Waals surface area contributed by atoms with E-state index in [2.05, 4.69) is 10.6 Å². The Kier molecular flexibility index (Phi) is 9.59. The molecular formula is C13H24N4O8. The number of aliphatic carboxylic acids is 1. The van der Waals surface area contributed by atoms with Gasteiger partial charge in [-0.2, -0.15) is 0 Å². The van der Waals surface area contributed by atoms with Crippen molar-refractivity contribution in [2.75, 3.05) is 13.2 Å². The van der Waals surface area contributed by atoms with Gasteiger partial charge < -0.3 is 42.1 Å². The highest BCUT2D eigenvalue weighted by Crippen LogP contribution is 1.96. The number of hydrogen-bond donors (Lipinski definition) is 8. The van der Waals surface area contributed by atoms with Gasteiger partial charge in [-0.25, -0.2) is 4.79 Å². The molecule has 0 aliphatic rings. The quantitative estimate of drug-likeness (QED) is 0.187. The Hall–Kier alpha value is -2.28. The van der Waals surface area contributed by atoms with E-state index in [0.717, 1.165) is 0 Å². The average molecular weight is 364 g/mol. The van der Waals surface area contributed by atoms with Crippen LogP contribution in [0.5, 0.6) is 0 Å². The maximum absolute atomic E-state index is 12.0. The van der Waals surface area contributed by atoms with Crippen LogP contribution >= 0.6 is 0 Å². The van der Waals surface area contributed by atoms with Crippen LogP contribution in [0.15, 0.2) is 0 Å². The van der Waals surface area contributed by atoms with Crippen LogP contribution in [0.4, 0.5) is 0 Å². The second kappa shape index (κ2) is 10.6. The van der Waals surface area contributed by atoms with E-state index in [0.29, 0.717) is 0 Å². The summed E-state index contributed by atoms with van der Waals surface area (Å²) in [7, 11) is 0. The number of nitrogens with two attached hydrogens (primary N) is 1. The predicted molar refractivity (Wildman–Crippen MR) is 82.9 cm³/mol. The summed E-state index contributed by atoms with van der Waals surface area (Å²) < 4.78 is 0. The largest absolute Gasteiger partial charge is 0.480 e. The van der Waals surface area contributed by atoms with E-state index in [1.807, 2.05) is 5.32 Å². The number of carbonyl (C=O) groups is 4. The Morgan fingerprint density at radius 2 is 1.48 bits per heavy atom. The van der Waals surface area contributed by atoms with E-state index in [4.69, 9.17) is 15.9 Å². The van der Waals surface area contributed by atoms with Gasteiger partial charge in [0.1, 0.15) is 12.1 Å². The minimum Gasteiger partial charge on any atom is -0.480 e. The van der Waals surface area contributed by atoms with Gasteiger partial charge in [0.25, 0.3) is 0 Å². The highest BCUT2D eigenvalue weighted by Gasteiger charge is 2.29. The zero-order valence-corrected chi connectivity index (χ0v) is 13.8. The number of carboxylic acid groups (broad SMARTS) is 1. The number of amides is 3.